The fourth-order valence-electron chi connectivity index (χ4n) is 1.91. The number of aliphatic hydroxyl groups excluding tert-OH is 1. The Kier molecular flexibility index (Phi) is 5.63. The Morgan fingerprint density at radius 2 is 1.83 bits per heavy atom. The third-order valence-electron chi connectivity index (χ3n) is 3.16. The van der Waals surface area contributed by atoms with E-state index in [4.69, 9.17) is 15.6 Å². The number of hydrogen-bond acceptors (Lipinski definition) is 3. The molecule has 0 aliphatic carbocycles. The Labute approximate surface area is 110 Å². The maximum Gasteiger partial charge on any atom is 0.125 e. The summed E-state index contributed by atoms with van der Waals surface area (Å²) < 4.78 is 5.81. The first-order valence-corrected chi connectivity index (χ1v) is 6.55. The molecular weight excluding hydrogens is 226 g/mol. The van der Waals surface area contributed by atoms with Crippen molar-refractivity contribution < 1.29 is 9.84 Å². The van der Waals surface area contributed by atoms with Gasteiger partial charge in [-0.2, -0.15) is 0 Å². The van der Waals surface area contributed by atoms with Gasteiger partial charge in [-0.1, -0.05) is 18.2 Å². The second-order valence-corrected chi connectivity index (χ2v) is 5.34. The normalized spacial score (nSPS) is 14.3. The molecule has 0 spiro atoms. The zero-order valence-electron chi connectivity index (χ0n) is 11.7. The van der Waals surface area contributed by atoms with Crippen LogP contribution < -0.4 is 10.5 Å². The Balaban J connectivity index is 2.30. The predicted octanol–water partition coefficient (Wildman–Crippen LogP) is 2.56. The van der Waals surface area contributed by atoms with Crippen LogP contribution in [0.2, 0.25) is 0 Å². The van der Waals surface area contributed by atoms with E-state index in [1.165, 1.54) is 11.1 Å². The first kappa shape index (κ1) is 15.0. The van der Waals surface area contributed by atoms with E-state index in [1.54, 1.807) is 0 Å². The predicted molar refractivity (Wildman–Crippen MR) is 74.9 cm³/mol. The van der Waals surface area contributed by atoms with Crippen molar-refractivity contribution in [1.29, 1.82) is 0 Å². The Morgan fingerprint density at radius 3 is 2.39 bits per heavy atom. The fraction of sp³-hybridized carbons (Fsp3) is 0.600. The summed E-state index contributed by atoms with van der Waals surface area (Å²) in [6.07, 6.45) is 2.75. The Bertz CT molecular complexity index is 355. The van der Waals surface area contributed by atoms with Crippen molar-refractivity contribution in [3.05, 3.63) is 29.3 Å². The third kappa shape index (κ3) is 4.67. The van der Waals surface area contributed by atoms with Crippen molar-refractivity contribution in [3.63, 3.8) is 0 Å². The van der Waals surface area contributed by atoms with E-state index in [1.807, 2.05) is 13.0 Å². The topological polar surface area (TPSA) is 55.5 Å². The van der Waals surface area contributed by atoms with Gasteiger partial charge in [0.15, 0.2) is 0 Å². The number of para-hydroxylation sites is 1. The van der Waals surface area contributed by atoms with Gasteiger partial charge in [-0.3, -0.25) is 0 Å². The maximum atomic E-state index is 9.05. The zero-order valence-corrected chi connectivity index (χ0v) is 11.7. The number of hydrogen-bond donors (Lipinski definition) is 2. The molecule has 18 heavy (non-hydrogen) atoms. The van der Waals surface area contributed by atoms with Gasteiger partial charge in [-0.25, -0.2) is 0 Å². The van der Waals surface area contributed by atoms with E-state index in [0.29, 0.717) is 6.61 Å². The Hall–Kier alpha value is -1.06. The van der Waals surface area contributed by atoms with Crippen molar-refractivity contribution in [2.45, 2.75) is 45.6 Å². The lowest BCUT2D eigenvalue weighted by Crippen LogP contribution is -2.39. The summed E-state index contributed by atoms with van der Waals surface area (Å²) >= 11 is 0. The van der Waals surface area contributed by atoms with Gasteiger partial charge in [-0.15, -0.1) is 0 Å². The minimum Gasteiger partial charge on any atom is -0.493 e. The lowest BCUT2D eigenvalue weighted by Gasteiger charge is -2.21. The molecule has 1 atom stereocenters. The number of rotatable bonds is 7. The molecule has 0 aliphatic heterocycles. The average molecular weight is 251 g/mol. The largest absolute Gasteiger partial charge is 0.493 e. The SMILES string of the molecule is Cc1cccc(C)c1OCCCCC(C)(N)CO. The highest BCUT2D eigenvalue weighted by molar-refractivity contribution is 5.39. The first-order valence-electron chi connectivity index (χ1n) is 6.55. The molecule has 1 aromatic carbocycles. The molecule has 3 N–H and O–H groups in total. The molecule has 0 saturated carbocycles. The summed E-state index contributed by atoms with van der Waals surface area (Å²) in [7, 11) is 0. The minimum absolute atomic E-state index is 0.0325. The molecule has 0 saturated heterocycles. The standard InChI is InChI=1S/C15H25NO2/c1-12-7-6-8-13(2)14(12)18-10-5-4-9-15(3,16)11-17/h6-8,17H,4-5,9-11,16H2,1-3H3. The Morgan fingerprint density at radius 1 is 1.22 bits per heavy atom. The molecule has 1 unspecified atom stereocenters. The number of aryl methyl sites for hydroxylation is 2. The van der Waals surface area contributed by atoms with E-state index >= 15 is 0 Å². The summed E-state index contributed by atoms with van der Waals surface area (Å²) in [5, 5.41) is 9.05. The molecule has 0 fully saturated rings. The molecule has 3 heteroatoms. The number of aliphatic hydroxyl groups is 1. The van der Waals surface area contributed by atoms with E-state index in [-0.39, 0.29) is 6.61 Å². The molecule has 1 aromatic rings. The number of ether oxygens (including phenoxy) is 1. The van der Waals surface area contributed by atoms with Crippen LogP contribution in [0.3, 0.4) is 0 Å². The second-order valence-electron chi connectivity index (χ2n) is 5.34. The smallest absolute Gasteiger partial charge is 0.125 e. The molecule has 0 aromatic heterocycles. The highest BCUT2D eigenvalue weighted by Crippen LogP contribution is 2.22. The summed E-state index contributed by atoms with van der Waals surface area (Å²) in [6.45, 7) is 6.73. The van der Waals surface area contributed by atoms with Crippen LogP contribution in [0.15, 0.2) is 18.2 Å². The number of unbranched alkanes of at least 4 members (excludes halogenated alkanes) is 1. The summed E-state index contributed by atoms with van der Waals surface area (Å²) in [4.78, 5) is 0. The molecule has 0 bridgehead atoms. The fourth-order valence-corrected chi connectivity index (χ4v) is 1.91. The monoisotopic (exact) mass is 251 g/mol. The summed E-state index contributed by atoms with van der Waals surface area (Å²) in [5.74, 6) is 0.996. The van der Waals surface area contributed by atoms with Crippen LogP contribution in [0.25, 0.3) is 0 Å². The molecule has 0 aliphatic rings. The van der Waals surface area contributed by atoms with Gasteiger partial charge in [0.1, 0.15) is 5.75 Å². The molecule has 0 radical (unpaired) electrons. The minimum atomic E-state index is -0.460. The third-order valence-corrected chi connectivity index (χ3v) is 3.16. The van der Waals surface area contributed by atoms with Gasteiger partial charge in [0.2, 0.25) is 0 Å². The van der Waals surface area contributed by atoms with E-state index in [9.17, 15) is 0 Å². The number of benzene rings is 1. The van der Waals surface area contributed by atoms with Gasteiger partial charge in [0.25, 0.3) is 0 Å². The van der Waals surface area contributed by atoms with Crippen molar-refractivity contribution >= 4 is 0 Å². The van der Waals surface area contributed by atoms with Crippen LogP contribution in [0.1, 0.15) is 37.3 Å². The number of nitrogens with two attached hydrogens (primary N) is 1. The molecule has 0 amide bonds. The van der Waals surface area contributed by atoms with Crippen molar-refractivity contribution in [2.75, 3.05) is 13.2 Å². The van der Waals surface area contributed by atoms with Crippen molar-refractivity contribution in [3.8, 4) is 5.75 Å². The van der Waals surface area contributed by atoms with Crippen LogP contribution in [-0.4, -0.2) is 23.9 Å². The van der Waals surface area contributed by atoms with Crippen LogP contribution in [0.5, 0.6) is 5.75 Å². The van der Waals surface area contributed by atoms with Gasteiger partial charge in [0, 0.05) is 5.54 Å². The van der Waals surface area contributed by atoms with Crippen molar-refractivity contribution in [2.24, 2.45) is 5.73 Å². The van der Waals surface area contributed by atoms with E-state index in [0.717, 1.165) is 25.0 Å². The van der Waals surface area contributed by atoms with Crippen molar-refractivity contribution in [1.82, 2.24) is 0 Å². The van der Waals surface area contributed by atoms with Gasteiger partial charge < -0.3 is 15.6 Å². The van der Waals surface area contributed by atoms with Crippen LogP contribution in [0.4, 0.5) is 0 Å². The molecular formula is C15H25NO2. The highest BCUT2D eigenvalue weighted by Gasteiger charge is 2.15. The highest BCUT2D eigenvalue weighted by atomic mass is 16.5. The van der Waals surface area contributed by atoms with E-state index in [2.05, 4.69) is 26.0 Å². The summed E-state index contributed by atoms with van der Waals surface area (Å²) in [5.41, 5.74) is 7.76. The van der Waals surface area contributed by atoms with Crippen LogP contribution in [-0.2, 0) is 0 Å². The first-order chi connectivity index (χ1) is 8.46. The second kappa shape index (κ2) is 6.76. The quantitative estimate of drug-likeness (QED) is 0.732. The molecule has 102 valence electrons. The lowest BCUT2D eigenvalue weighted by molar-refractivity contribution is 0.194. The average Bonchev–Trinajstić information content (AvgIpc) is 2.32. The van der Waals surface area contributed by atoms with Gasteiger partial charge in [-0.05, 0) is 51.2 Å². The van der Waals surface area contributed by atoms with E-state index < -0.39 is 5.54 Å². The molecule has 1 rings (SSSR count). The molecule has 0 heterocycles. The summed E-state index contributed by atoms with van der Waals surface area (Å²) in [6, 6.07) is 6.16. The maximum absolute atomic E-state index is 9.05. The lowest BCUT2D eigenvalue weighted by atomic mass is 9.97. The van der Waals surface area contributed by atoms with Gasteiger partial charge >= 0.3 is 0 Å². The van der Waals surface area contributed by atoms with Gasteiger partial charge in [0.05, 0.1) is 13.2 Å². The zero-order chi connectivity index (χ0) is 13.6. The molecule has 3 nitrogen and oxygen atoms in total. The van der Waals surface area contributed by atoms with Crippen LogP contribution >= 0.6 is 0 Å². The van der Waals surface area contributed by atoms with Crippen LogP contribution in [0, 0.1) is 13.8 Å².